The molecule has 0 saturated heterocycles. The molecule has 6 heteroatoms. The van der Waals surface area contributed by atoms with Crippen molar-refractivity contribution in [2.45, 2.75) is 18.4 Å². The summed E-state index contributed by atoms with van der Waals surface area (Å²) >= 11 is 0. The zero-order valence-electron chi connectivity index (χ0n) is 9.90. The quantitative estimate of drug-likeness (QED) is 0.303. The first-order chi connectivity index (χ1) is 7.85. The van der Waals surface area contributed by atoms with Crippen LogP contribution in [0.1, 0.15) is 6.42 Å². The van der Waals surface area contributed by atoms with Gasteiger partial charge in [-0.1, -0.05) is 0 Å². The molecule has 5 nitrogen and oxygen atoms in total. The molecule has 0 saturated carbocycles. The van der Waals surface area contributed by atoms with Crippen molar-refractivity contribution in [1.82, 2.24) is 0 Å². The Morgan fingerprint density at radius 1 is 1.06 bits per heavy atom. The maximum Gasteiger partial charge on any atom is 0.137 e. The molecule has 0 fully saturated rings. The first-order valence-corrected chi connectivity index (χ1v) is 6.45. The van der Waals surface area contributed by atoms with Crippen molar-refractivity contribution in [3.05, 3.63) is 0 Å². The summed E-state index contributed by atoms with van der Waals surface area (Å²) in [5.41, 5.74) is 0. The molecular formula is C10H19NO4Si. The van der Waals surface area contributed by atoms with Crippen LogP contribution in [0.4, 0.5) is 0 Å². The molecule has 0 amide bonds. The van der Waals surface area contributed by atoms with Crippen molar-refractivity contribution in [2.24, 2.45) is 0 Å². The molecule has 0 bridgehead atoms. The minimum absolute atomic E-state index is 0.237. The monoisotopic (exact) mass is 245 g/mol. The van der Waals surface area contributed by atoms with Crippen LogP contribution in [-0.4, -0.2) is 56.1 Å². The Labute approximate surface area is 99.4 Å². The number of methoxy groups -OCH3 is 2. The van der Waals surface area contributed by atoms with Crippen LogP contribution < -0.4 is 0 Å². The zero-order chi connectivity index (χ0) is 12.1. The van der Waals surface area contributed by atoms with E-state index >= 15 is 0 Å². The fourth-order valence-corrected chi connectivity index (χ4v) is 1.85. The summed E-state index contributed by atoms with van der Waals surface area (Å²) in [6.07, 6.45) is 0.538. The lowest BCUT2D eigenvalue weighted by atomic mass is 10.6. The third-order valence-electron chi connectivity index (χ3n) is 1.66. The van der Waals surface area contributed by atoms with Crippen LogP contribution >= 0.6 is 0 Å². The molecule has 0 aliphatic heterocycles. The Bertz CT molecular complexity index is 176. The van der Waals surface area contributed by atoms with Crippen molar-refractivity contribution in [3.8, 4) is 6.07 Å². The molecule has 0 heterocycles. The Morgan fingerprint density at radius 2 is 1.62 bits per heavy atom. The van der Waals surface area contributed by atoms with E-state index in [1.807, 2.05) is 0 Å². The highest BCUT2D eigenvalue weighted by molar-refractivity contribution is 6.36. The van der Waals surface area contributed by atoms with Gasteiger partial charge in [-0.05, 0) is 6.04 Å². The van der Waals surface area contributed by atoms with E-state index in [4.69, 9.17) is 24.2 Å². The van der Waals surface area contributed by atoms with Gasteiger partial charge >= 0.3 is 0 Å². The molecule has 0 unspecified atom stereocenters. The predicted octanol–water partition coefficient (Wildman–Crippen LogP) is 0.632. The largest absolute Gasteiger partial charge is 0.382 e. The Balaban J connectivity index is 3.63. The average Bonchev–Trinajstić information content (AvgIpc) is 2.29. The van der Waals surface area contributed by atoms with E-state index in [1.54, 1.807) is 14.2 Å². The van der Waals surface area contributed by atoms with E-state index < -0.39 is 0 Å². The Kier molecular flexibility index (Phi) is 12.3. The third kappa shape index (κ3) is 10.1. The van der Waals surface area contributed by atoms with Gasteiger partial charge < -0.3 is 18.9 Å². The van der Waals surface area contributed by atoms with Gasteiger partial charge in [-0.3, -0.25) is 0 Å². The SMILES string of the molecule is COCCOC(OCCOC)[Si]CCC#N. The van der Waals surface area contributed by atoms with Gasteiger partial charge in [-0.15, -0.1) is 0 Å². The molecule has 0 aromatic rings. The van der Waals surface area contributed by atoms with E-state index in [0.29, 0.717) is 42.4 Å². The fraction of sp³-hybridized carbons (Fsp3) is 0.900. The second kappa shape index (κ2) is 12.6. The van der Waals surface area contributed by atoms with Crippen molar-refractivity contribution in [2.75, 3.05) is 40.6 Å². The van der Waals surface area contributed by atoms with Gasteiger partial charge in [0.1, 0.15) is 15.4 Å². The molecule has 0 atom stereocenters. The summed E-state index contributed by atoms with van der Waals surface area (Å²) in [5.74, 6) is -0.237. The van der Waals surface area contributed by atoms with Gasteiger partial charge in [-0.2, -0.15) is 5.26 Å². The van der Waals surface area contributed by atoms with Crippen molar-refractivity contribution in [1.29, 1.82) is 5.26 Å². The maximum atomic E-state index is 8.44. The summed E-state index contributed by atoms with van der Waals surface area (Å²) in [6.45, 7) is 2.11. The molecule has 0 spiro atoms. The number of hydrogen-bond donors (Lipinski definition) is 0. The highest BCUT2D eigenvalue weighted by Crippen LogP contribution is 1.99. The lowest BCUT2D eigenvalue weighted by Gasteiger charge is -2.17. The molecule has 0 aromatic heterocycles. The minimum Gasteiger partial charge on any atom is -0.382 e. The zero-order valence-corrected chi connectivity index (χ0v) is 10.9. The predicted molar refractivity (Wildman–Crippen MR) is 60.2 cm³/mol. The molecule has 0 rings (SSSR count). The number of nitriles is 1. The number of hydrogen-bond acceptors (Lipinski definition) is 5. The summed E-state index contributed by atoms with van der Waals surface area (Å²) in [4.78, 5) is 0. The molecule has 92 valence electrons. The van der Waals surface area contributed by atoms with Gasteiger partial charge in [0.15, 0.2) is 0 Å². The highest BCUT2D eigenvalue weighted by atomic mass is 28.2. The first-order valence-electron chi connectivity index (χ1n) is 5.16. The molecule has 2 radical (unpaired) electrons. The van der Waals surface area contributed by atoms with Crippen LogP contribution in [0, 0.1) is 11.3 Å². The van der Waals surface area contributed by atoms with E-state index in [2.05, 4.69) is 6.07 Å². The Morgan fingerprint density at radius 3 is 2.06 bits per heavy atom. The summed E-state index contributed by atoms with van der Waals surface area (Å²) in [5, 5.41) is 8.44. The van der Waals surface area contributed by atoms with E-state index in [1.165, 1.54) is 0 Å². The lowest BCUT2D eigenvalue weighted by molar-refractivity contribution is -0.108. The molecule has 0 N–H and O–H groups in total. The summed E-state index contributed by atoms with van der Waals surface area (Å²) < 4.78 is 20.7. The molecule has 0 aliphatic carbocycles. The first kappa shape index (κ1) is 15.5. The molecule has 0 aromatic carbocycles. The van der Waals surface area contributed by atoms with Gasteiger partial charge in [-0.25, -0.2) is 0 Å². The maximum absolute atomic E-state index is 8.44. The van der Waals surface area contributed by atoms with Crippen molar-refractivity contribution < 1.29 is 18.9 Å². The van der Waals surface area contributed by atoms with E-state index in [0.717, 1.165) is 6.04 Å². The van der Waals surface area contributed by atoms with E-state index in [9.17, 15) is 0 Å². The van der Waals surface area contributed by atoms with Crippen molar-refractivity contribution >= 4 is 9.52 Å². The second-order valence-electron chi connectivity index (χ2n) is 2.92. The average molecular weight is 245 g/mol. The van der Waals surface area contributed by atoms with Crippen LogP contribution in [0.15, 0.2) is 0 Å². The van der Waals surface area contributed by atoms with Crippen LogP contribution in [-0.2, 0) is 18.9 Å². The summed E-state index contributed by atoms with van der Waals surface area (Å²) in [6, 6.07) is 2.91. The van der Waals surface area contributed by atoms with Crippen LogP contribution in [0.3, 0.4) is 0 Å². The second-order valence-corrected chi connectivity index (χ2v) is 4.30. The lowest BCUT2D eigenvalue weighted by Crippen LogP contribution is -2.27. The topological polar surface area (TPSA) is 60.7 Å². The molecular weight excluding hydrogens is 226 g/mol. The number of rotatable bonds is 11. The highest BCUT2D eigenvalue weighted by Gasteiger charge is 2.09. The van der Waals surface area contributed by atoms with Gasteiger partial charge in [0.2, 0.25) is 0 Å². The minimum atomic E-state index is -0.237. The van der Waals surface area contributed by atoms with Gasteiger partial charge in [0.05, 0.1) is 32.5 Å². The number of ether oxygens (including phenoxy) is 4. The standard InChI is InChI=1S/C10H19NO4Si/c1-12-5-7-14-10(15-8-6-13-2)16-9-3-4-11/h10H,3,5-9H2,1-2H3. The fourth-order valence-electron chi connectivity index (χ4n) is 0.889. The van der Waals surface area contributed by atoms with Crippen LogP contribution in [0.5, 0.6) is 0 Å². The van der Waals surface area contributed by atoms with Crippen LogP contribution in [0.25, 0.3) is 0 Å². The summed E-state index contributed by atoms with van der Waals surface area (Å²) in [7, 11) is 3.73. The van der Waals surface area contributed by atoms with Gasteiger partial charge in [0, 0.05) is 20.6 Å². The third-order valence-corrected chi connectivity index (χ3v) is 2.87. The van der Waals surface area contributed by atoms with E-state index in [-0.39, 0.29) is 5.91 Å². The van der Waals surface area contributed by atoms with Gasteiger partial charge in [0.25, 0.3) is 0 Å². The normalized spacial score (nSPS) is 10.6. The Hall–Kier alpha value is -0.453. The molecule has 16 heavy (non-hydrogen) atoms. The molecule has 0 aliphatic rings. The van der Waals surface area contributed by atoms with Crippen molar-refractivity contribution in [3.63, 3.8) is 0 Å². The van der Waals surface area contributed by atoms with Crippen LogP contribution in [0.2, 0.25) is 6.04 Å². The smallest absolute Gasteiger partial charge is 0.137 e. The number of nitrogens with zero attached hydrogens (tertiary/aromatic N) is 1.